The highest BCUT2D eigenvalue weighted by Gasteiger charge is 2.29. The van der Waals surface area contributed by atoms with E-state index in [0.717, 1.165) is 21.4 Å². The molecular formula is C19H14BrN3O3S. The molecule has 2 heterocycles. The number of aromatic nitrogens is 2. The van der Waals surface area contributed by atoms with E-state index in [1.165, 1.54) is 11.8 Å². The number of thioether (sulfide) groups is 1. The molecular weight excluding hydrogens is 430 g/mol. The van der Waals surface area contributed by atoms with Crippen molar-refractivity contribution in [2.24, 2.45) is 0 Å². The van der Waals surface area contributed by atoms with Crippen LogP contribution in [0.1, 0.15) is 26.9 Å². The predicted molar refractivity (Wildman–Crippen MR) is 108 cm³/mol. The zero-order chi connectivity index (χ0) is 19.0. The van der Waals surface area contributed by atoms with Gasteiger partial charge in [-0.2, -0.15) is 0 Å². The lowest BCUT2D eigenvalue weighted by Crippen LogP contribution is -2.12. The fraction of sp³-hybridized carbons (Fsp3) is 0.105. The summed E-state index contributed by atoms with van der Waals surface area (Å²) in [7, 11) is 0. The van der Waals surface area contributed by atoms with E-state index in [-0.39, 0.29) is 16.7 Å². The van der Waals surface area contributed by atoms with Crippen molar-refractivity contribution in [3.8, 4) is 5.69 Å². The molecule has 1 aromatic heterocycles. The quantitative estimate of drug-likeness (QED) is 0.636. The molecule has 1 atom stereocenters. The largest absolute Gasteiger partial charge is 0.478 e. The summed E-state index contributed by atoms with van der Waals surface area (Å²) in [6, 6.07) is 14.6. The van der Waals surface area contributed by atoms with Crippen LogP contribution < -0.4 is 5.32 Å². The van der Waals surface area contributed by atoms with Gasteiger partial charge in [-0.15, -0.1) is 11.8 Å². The summed E-state index contributed by atoms with van der Waals surface area (Å²) in [5, 5.41) is 11.8. The Morgan fingerprint density at radius 2 is 2.04 bits per heavy atom. The summed E-state index contributed by atoms with van der Waals surface area (Å²) in [5.41, 5.74) is 2.92. The van der Waals surface area contributed by atoms with Crippen molar-refractivity contribution in [2.45, 2.75) is 5.25 Å². The molecule has 6 nitrogen and oxygen atoms in total. The number of nitrogens with zero attached hydrogens (tertiary/aromatic N) is 2. The number of hydrogen-bond acceptors (Lipinski definition) is 4. The normalized spacial score (nSPS) is 16.3. The summed E-state index contributed by atoms with van der Waals surface area (Å²) in [4.78, 5) is 27.6. The number of nitrogens with one attached hydrogen (secondary N) is 1. The predicted octanol–water partition coefficient (Wildman–Crippen LogP) is 4.11. The molecule has 8 heteroatoms. The fourth-order valence-electron chi connectivity index (χ4n) is 3.00. The number of hydrogen-bond donors (Lipinski definition) is 2. The number of carbonyl (C=O) groups is 2. The van der Waals surface area contributed by atoms with E-state index in [1.807, 2.05) is 28.8 Å². The number of benzene rings is 2. The first-order valence-corrected chi connectivity index (χ1v) is 9.95. The lowest BCUT2D eigenvalue weighted by Gasteiger charge is -2.18. The molecule has 0 fully saturated rings. The molecule has 0 bridgehead atoms. The van der Waals surface area contributed by atoms with E-state index in [9.17, 15) is 9.59 Å². The van der Waals surface area contributed by atoms with Gasteiger partial charge in [0.1, 0.15) is 6.33 Å². The van der Waals surface area contributed by atoms with E-state index < -0.39 is 5.97 Å². The molecule has 2 N–H and O–H groups in total. The average molecular weight is 444 g/mol. The molecule has 1 aliphatic rings. The Balaban J connectivity index is 1.84. The highest BCUT2D eigenvalue weighted by Crippen LogP contribution is 2.42. The van der Waals surface area contributed by atoms with Crippen LogP contribution in [0.4, 0.5) is 5.82 Å². The summed E-state index contributed by atoms with van der Waals surface area (Å²) >= 11 is 4.97. The van der Waals surface area contributed by atoms with Crippen molar-refractivity contribution >= 4 is 45.4 Å². The van der Waals surface area contributed by atoms with E-state index in [2.05, 4.69) is 26.2 Å². The number of imidazole rings is 1. The maximum absolute atomic E-state index is 12.1. The third-order valence-electron chi connectivity index (χ3n) is 4.24. The van der Waals surface area contributed by atoms with Crippen LogP contribution in [-0.2, 0) is 4.79 Å². The average Bonchev–Trinajstić information content (AvgIpc) is 2.98. The Morgan fingerprint density at radius 3 is 2.74 bits per heavy atom. The molecule has 2 aromatic carbocycles. The van der Waals surface area contributed by atoms with Crippen LogP contribution in [0.2, 0.25) is 0 Å². The van der Waals surface area contributed by atoms with Crippen LogP contribution in [0, 0.1) is 0 Å². The Labute approximate surface area is 167 Å². The highest BCUT2D eigenvalue weighted by molar-refractivity contribution is 9.10. The molecule has 0 radical (unpaired) electrons. The van der Waals surface area contributed by atoms with Gasteiger partial charge < -0.3 is 10.4 Å². The van der Waals surface area contributed by atoms with Crippen LogP contribution in [0.15, 0.2) is 59.3 Å². The summed E-state index contributed by atoms with van der Waals surface area (Å²) in [6.07, 6.45) is 1.69. The number of fused-ring (bicyclic) bond motifs is 1. The van der Waals surface area contributed by atoms with Crippen LogP contribution in [0.25, 0.3) is 5.69 Å². The lowest BCUT2D eigenvalue weighted by molar-refractivity contribution is -0.113. The second kappa shape index (κ2) is 7.21. The molecule has 0 saturated carbocycles. The minimum Gasteiger partial charge on any atom is -0.478 e. The summed E-state index contributed by atoms with van der Waals surface area (Å²) in [5.74, 6) is -0.255. The monoisotopic (exact) mass is 443 g/mol. The molecule has 1 aliphatic heterocycles. The number of carboxylic acids is 1. The van der Waals surface area contributed by atoms with Crippen molar-refractivity contribution in [2.75, 3.05) is 11.1 Å². The summed E-state index contributed by atoms with van der Waals surface area (Å²) < 4.78 is 2.89. The molecule has 27 heavy (non-hydrogen) atoms. The Morgan fingerprint density at radius 1 is 1.26 bits per heavy atom. The summed E-state index contributed by atoms with van der Waals surface area (Å²) in [6.45, 7) is 0. The second-order valence-electron chi connectivity index (χ2n) is 5.99. The fourth-order valence-corrected chi connectivity index (χ4v) is 4.51. The zero-order valence-corrected chi connectivity index (χ0v) is 16.3. The van der Waals surface area contributed by atoms with E-state index in [4.69, 9.17) is 5.11 Å². The van der Waals surface area contributed by atoms with E-state index in [1.54, 1.807) is 30.6 Å². The number of anilines is 1. The van der Waals surface area contributed by atoms with Crippen LogP contribution in [-0.4, -0.2) is 32.3 Å². The van der Waals surface area contributed by atoms with Gasteiger partial charge in [-0.1, -0.05) is 34.1 Å². The van der Waals surface area contributed by atoms with Crippen molar-refractivity contribution in [1.82, 2.24) is 9.55 Å². The number of carboxylic acid groups (broad SMARTS) is 1. The Bertz CT molecular complexity index is 1030. The van der Waals surface area contributed by atoms with Gasteiger partial charge >= 0.3 is 5.97 Å². The van der Waals surface area contributed by atoms with E-state index in [0.29, 0.717) is 11.6 Å². The number of amides is 1. The Kier molecular flexibility index (Phi) is 4.75. The minimum absolute atomic E-state index is 0.106. The van der Waals surface area contributed by atoms with Crippen molar-refractivity contribution in [3.63, 3.8) is 0 Å². The molecule has 0 aliphatic carbocycles. The molecule has 1 unspecified atom stereocenters. The first kappa shape index (κ1) is 17.8. The topological polar surface area (TPSA) is 84.2 Å². The third-order valence-corrected chi connectivity index (χ3v) is 5.99. The molecule has 3 aromatic rings. The van der Waals surface area contributed by atoms with Gasteiger partial charge in [0, 0.05) is 10.2 Å². The molecule has 1 amide bonds. The smallest absolute Gasteiger partial charge is 0.335 e. The van der Waals surface area contributed by atoms with Gasteiger partial charge in [0.2, 0.25) is 5.91 Å². The molecule has 0 saturated heterocycles. The molecule has 0 spiro atoms. The molecule has 136 valence electrons. The van der Waals surface area contributed by atoms with Gasteiger partial charge in [-0.25, -0.2) is 9.78 Å². The van der Waals surface area contributed by atoms with Crippen LogP contribution in [0.3, 0.4) is 0 Å². The number of aromatic carboxylic acids is 1. The first-order chi connectivity index (χ1) is 13.0. The third kappa shape index (κ3) is 3.50. The second-order valence-corrected chi connectivity index (χ2v) is 8.00. The van der Waals surface area contributed by atoms with Crippen molar-refractivity contribution in [1.29, 1.82) is 0 Å². The zero-order valence-electron chi connectivity index (χ0n) is 13.9. The number of rotatable bonds is 3. The number of carbonyl (C=O) groups excluding carboxylic acids is 1. The number of halogens is 1. The maximum atomic E-state index is 12.1. The van der Waals surface area contributed by atoms with Gasteiger partial charge in [-0.05, 0) is 35.9 Å². The minimum atomic E-state index is -0.966. The van der Waals surface area contributed by atoms with Crippen molar-refractivity contribution in [3.05, 3.63) is 76.2 Å². The lowest BCUT2D eigenvalue weighted by atomic mass is 10.1. The maximum Gasteiger partial charge on any atom is 0.335 e. The van der Waals surface area contributed by atoms with Crippen LogP contribution >= 0.6 is 27.7 Å². The van der Waals surface area contributed by atoms with Crippen molar-refractivity contribution < 1.29 is 14.7 Å². The van der Waals surface area contributed by atoms with Gasteiger partial charge in [0.25, 0.3) is 0 Å². The Hall–Kier alpha value is -2.58. The molecule has 4 rings (SSSR count). The van der Waals surface area contributed by atoms with E-state index >= 15 is 0 Å². The van der Waals surface area contributed by atoms with Gasteiger partial charge in [-0.3, -0.25) is 9.36 Å². The SMILES string of the molecule is O=C1CSC(c2ccc(C(=O)O)cc2)c2c(ncn2-c2cccc(Br)c2)N1. The standard InChI is InChI=1S/C19H14BrN3O3S/c20-13-2-1-3-14(8-13)23-10-21-18-16(23)17(27-9-15(24)22-18)11-4-6-12(7-5-11)19(25)26/h1-8,10,17H,9H2,(H,22,24)(H,25,26). The van der Waals surface area contributed by atoms with Gasteiger partial charge in [0.15, 0.2) is 5.82 Å². The first-order valence-electron chi connectivity index (χ1n) is 8.11. The van der Waals surface area contributed by atoms with Crippen LogP contribution in [0.5, 0.6) is 0 Å². The van der Waals surface area contributed by atoms with Gasteiger partial charge in [0.05, 0.1) is 22.3 Å². The highest BCUT2D eigenvalue weighted by atomic mass is 79.9.